The molecule has 0 radical (unpaired) electrons. The van der Waals surface area contributed by atoms with Crippen LogP contribution in [-0.2, 0) is 23.0 Å². The van der Waals surface area contributed by atoms with Gasteiger partial charge in [-0.15, -0.1) is 0 Å². The van der Waals surface area contributed by atoms with Crippen LogP contribution in [-0.4, -0.2) is 26.0 Å². The minimum Gasteiger partial charge on any atom is -0.326 e. The maximum absolute atomic E-state index is 12.6. The molecular weight excluding hydrogens is 292 g/mol. The molecule has 0 amide bonds. The van der Waals surface area contributed by atoms with Gasteiger partial charge in [-0.05, 0) is 42.2 Å². The van der Waals surface area contributed by atoms with Crippen molar-refractivity contribution in [2.45, 2.75) is 43.7 Å². The monoisotopic (exact) mass is 314 g/mol. The molecule has 1 atom stereocenters. The van der Waals surface area contributed by atoms with Crippen LogP contribution in [0.4, 0.5) is 0 Å². The molecule has 3 N–H and O–H groups in total. The van der Waals surface area contributed by atoms with Crippen molar-refractivity contribution in [3.63, 3.8) is 0 Å². The van der Waals surface area contributed by atoms with Gasteiger partial charge in [0.05, 0.1) is 4.90 Å². The zero-order valence-electron chi connectivity index (χ0n) is 11.8. The number of rotatable bonds is 5. The first-order valence-corrected chi connectivity index (χ1v) is 9.62. The summed E-state index contributed by atoms with van der Waals surface area (Å²) in [6.07, 6.45) is 2.69. The lowest BCUT2D eigenvalue weighted by Crippen LogP contribution is -2.38. The summed E-state index contributed by atoms with van der Waals surface area (Å²) in [6.45, 7) is 2.32. The molecule has 1 unspecified atom stereocenters. The van der Waals surface area contributed by atoms with Gasteiger partial charge in [0, 0.05) is 18.3 Å². The second kappa shape index (κ2) is 6.93. The summed E-state index contributed by atoms with van der Waals surface area (Å²) in [7, 11) is -3.45. The Kier molecular flexibility index (Phi) is 5.49. The van der Waals surface area contributed by atoms with E-state index in [9.17, 15) is 8.42 Å². The van der Waals surface area contributed by atoms with Gasteiger partial charge in [0.2, 0.25) is 10.0 Å². The van der Waals surface area contributed by atoms with E-state index in [2.05, 4.69) is 4.72 Å². The highest BCUT2D eigenvalue weighted by Crippen LogP contribution is 2.22. The predicted octanol–water partition coefficient (Wildman–Crippen LogP) is 1.88. The smallest absolute Gasteiger partial charge is 0.241 e. The van der Waals surface area contributed by atoms with Crippen LogP contribution < -0.4 is 10.5 Å². The Labute approximate surface area is 125 Å². The number of nitrogens with two attached hydrogens (primary N) is 1. The van der Waals surface area contributed by atoms with Crippen LogP contribution in [0, 0.1) is 0 Å². The Morgan fingerprint density at radius 1 is 1.45 bits per heavy atom. The second-order valence-corrected chi connectivity index (χ2v) is 7.87. The first-order valence-electron chi connectivity index (χ1n) is 6.98. The third kappa shape index (κ3) is 3.75. The Morgan fingerprint density at radius 2 is 2.25 bits per heavy atom. The predicted molar refractivity (Wildman–Crippen MR) is 84.4 cm³/mol. The van der Waals surface area contributed by atoms with Crippen molar-refractivity contribution in [1.29, 1.82) is 0 Å². The fourth-order valence-corrected chi connectivity index (χ4v) is 5.19. The minimum atomic E-state index is -3.45. The highest BCUT2D eigenvalue weighted by atomic mass is 32.2. The summed E-state index contributed by atoms with van der Waals surface area (Å²) in [5.41, 5.74) is 7.31. The molecule has 1 saturated heterocycles. The van der Waals surface area contributed by atoms with Crippen molar-refractivity contribution in [2.75, 3.05) is 11.5 Å². The first-order chi connectivity index (χ1) is 9.56. The van der Waals surface area contributed by atoms with E-state index in [0.717, 1.165) is 35.5 Å². The van der Waals surface area contributed by atoms with Crippen molar-refractivity contribution >= 4 is 21.8 Å². The minimum absolute atomic E-state index is 0.0463. The lowest BCUT2D eigenvalue weighted by molar-refractivity contribution is 0.542. The second-order valence-electron chi connectivity index (χ2n) is 5.04. The summed E-state index contributed by atoms with van der Waals surface area (Å²) in [4.78, 5) is 0.388. The molecular formula is C14H22N2O2S2. The lowest BCUT2D eigenvalue weighted by Gasteiger charge is -2.23. The third-order valence-corrected chi connectivity index (χ3v) is 6.34. The van der Waals surface area contributed by atoms with Gasteiger partial charge in [0.15, 0.2) is 0 Å². The largest absolute Gasteiger partial charge is 0.326 e. The van der Waals surface area contributed by atoms with Crippen molar-refractivity contribution in [1.82, 2.24) is 4.72 Å². The van der Waals surface area contributed by atoms with Gasteiger partial charge in [-0.2, -0.15) is 11.8 Å². The number of thioether (sulfide) groups is 1. The molecule has 112 valence electrons. The molecule has 1 aliphatic rings. The zero-order valence-corrected chi connectivity index (χ0v) is 13.4. The van der Waals surface area contributed by atoms with Crippen molar-refractivity contribution < 1.29 is 8.42 Å². The van der Waals surface area contributed by atoms with E-state index in [0.29, 0.717) is 17.9 Å². The first kappa shape index (κ1) is 15.8. The molecule has 4 nitrogen and oxygen atoms in total. The number of nitrogens with one attached hydrogen (secondary N) is 1. The number of hydrogen-bond acceptors (Lipinski definition) is 4. The zero-order chi connectivity index (χ0) is 14.6. The Balaban J connectivity index is 2.27. The van der Waals surface area contributed by atoms with E-state index in [1.54, 1.807) is 6.07 Å². The quantitative estimate of drug-likeness (QED) is 0.870. The van der Waals surface area contributed by atoms with E-state index in [-0.39, 0.29) is 6.04 Å². The molecule has 6 heteroatoms. The maximum Gasteiger partial charge on any atom is 0.241 e. The Bertz CT molecular complexity index is 552. The molecule has 0 aliphatic carbocycles. The van der Waals surface area contributed by atoms with Crippen molar-refractivity contribution in [2.24, 2.45) is 5.73 Å². The highest BCUT2D eigenvalue weighted by molar-refractivity contribution is 7.99. The van der Waals surface area contributed by atoms with E-state index in [1.807, 2.05) is 30.8 Å². The fourth-order valence-electron chi connectivity index (χ4n) is 2.38. The average molecular weight is 314 g/mol. The topological polar surface area (TPSA) is 72.2 Å². The maximum atomic E-state index is 12.6. The van der Waals surface area contributed by atoms with E-state index < -0.39 is 10.0 Å². The van der Waals surface area contributed by atoms with Crippen LogP contribution in [0.15, 0.2) is 23.1 Å². The van der Waals surface area contributed by atoms with E-state index in [1.165, 1.54) is 0 Å². The SMILES string of the molecule is CCc1ccc(CN)cc1S(=O)(=O)NC1CCCSC1. The van der Waals surface area contributed by atoms with Crippen LogP contribution in [0.5, 0.6) is 0 Å². The van der Waals surface area contributed by atoms with Gasteiger partial charge in [-0.1, -0.05) is 19.1 Å². The molecule has 1 fully saturated rings. The van der Waals surface area contributed by atoms with Gasteiger partial charge in [0.1, 0.15) is 0 Å². The summed E-state index contributed by atoms with van der Waals surface area (Å²) in [5.74, 6) is 1.98. The van der Waals surface area contributed by atoms with Gasteiger partial charge < -0.3 is 5.73 Å². The van der Waals surface area contributed by atoms with Gasteiger partial charge >= 0.3 is 0 Å². The molecule has 1 aromatic carbocycles. The Hall–Kier alpha value is -0.560. The number of aryl methyl sites for hydroxylation is 1. The number of sulfonamides is 1. The molecule has 0 aromatic heterocycles. The summed E-state index contributed by atoms with van der Waals surface area (Å²) < 4.78 is 28.0. The summed E-state index contributed by atoms with van der Waals surface area (Å²) in [6, 6.07) is 5.52. The Morgan fingerprint density at radius 3 is 2.85 bits per heavy atom. The normalized spacial score (nSPS) is 20.0. The molecule has 20 heavy (non-hydrogen) atoms. The van der Waals surface area contributed by atoms with Crippen LogP contribution in [0.1, 0.15) is 30.9 Å². The summed E-state index contributed by atoms with van der Waals surface area (Å²) in [5, 5.41) is 0. The lowest BCUT2D eigenvalue weighted by atomic mass is 10.1. The van der Waals surface area contributed by atoms with Crippen LogP contribution in [0.3, 0.4) is 0 Å². The van der Waals surface area contributed by atoms with Gasteiger partial charge in [0.25, 0.3) is 0 Å². The van der Waals surface area contributed by atoms with Crippen LogP contribution >= 0.6 is 11.8 Å². The molecule has 0 saturated carbocycles. The molecule has 0 spiro atoms. The summed E-state index contributed by atoms with van der Waals surface area (Å²) >= 11 is 1.81. The van der Waals surface area contributed by atoms with Gasteiger partial charge in [-0.3, -0.25) is 0 Å². The number of benzene rings is 1. The standard InChI is InChI=1S/C14H22N2O2S2/c1-2-12-6-5-11(9-15)8-14(12)20(17,18)16-13-4-3-7-19-10-13/h5-6,8,13,16H,2-4,7,9-10,15H2,1H3. The van der Waals surface area contributed by atoms with Gasteiger partial charge in [-0.25, -0.2) is 13.1 Å². The number of hydrogen-bond donors (Lipinski definition) is 2. The van der Waals surface area contributed by atoms with Crippen molar-refractivity contribution in [3.05, 3.63) is 29.3 Å². The molecule has 1 aliphatic heterocycles. The fraction of sp³-hybridized carbons (Fsp3) is 0.571. The molecule has 1 heterocycles. The van der Waals surface area contributed by atoms with E-state index >= 15 is 0 Å². The van der Waals surface area contributed by atoms with Crippen molar-refractivity contribution in [3.8, 4) is 0 Å². The third-order valence-electron chi connectivity index (χ3n) is 3.52. The molecule has 0 bridgehead atoms. The molecule has 2 rings (SSSR count). The highest BCUT2D eigenvalue weighted by Gasteiger charge is 2.24. The average Bonchev–Trinajstić information content (AvgIpc) is 2.47. The molecule has 1 aromatic rings. The van der Waals surface area contributed by atoms with Crippen LogP contribution in [0.25, 0.3) is 0 Å². The van der Waals surface area contributed by atoms with Crippen LogP contribution in [0.2, 0.25) is 0 Å². The van der Waals surface area contributed by atoms with E-state index in [4.69, 9.17) is 5.73 Å².